The second-order valence-electron chi connectivity index (χ2n) is 4.78. The molecule has 2 aromatic carbocycles. The monoisotopic (exact) mass is 399 g/mol. The van der Waals surface area contributed by atoms with Gasteiger partial charge in [0.25, 0.3) is 0 Å². The lowest BCUT2D eigenvalue weighted by Crippen LogP contribution is -2.31. The van der Waals surface area contributed by atoms with Crippen molar-refractivity contribution >= 4 is 26.0 Å². The van der Waals surface area contributed by atoms with Crippen molar-refractivity contribution in [3.8, 4) is 11.5 Å². The van der Waals surface area contributed by atoms with E-state index < -0.39 is 10.0 Å². The van der Waals surface area contributed by atoms with Crippen molar-refractivity contribution in [1.29, 1.82) is 0 Å². The number of sulfonamides is 1. The third kappa shape index (κ3) is 4.46. The maximum Gasteiger partial charge on any atom is 0.246 e. The van der Waals surface area contributed by atoms with E-state index in [-0.39, 0.29) is 18.0 Å². The molecule has 0 unspecified atom stereocenters. The molecule has 0 aliphatic heterocycles. The number of rotatable bonds is 7. The Hall–Kier alpha value is -1.57. The van der Waals surface area contributed by atoms with Gasteiger partial charge in [-0.25, -0.2) is 8.42 Å². The van der Waals surface area contributed by atoms with E-state index in [0.717, 1.165) is 0 Å². The van der Waals surface area contributed by atoms with E-state index in [1.807, 2.05) is 30.3 Å². The number of para-hydroxylation sites is 1. The molecule has 23 heavy (non-hydrogen) atoms. The van der Waals surface area contributed by atoms with Crippen molar-refractivity contribution in [2.45, 2.75) is 4.90 Å². The maximum absolute atomic E-state index is 12.7. The normalized spacial score (nSPS) is 11.5. The molecular weight excluding hydrogens is 382 g/mol. The molecule has 0 N–H and O–H groups in total. The first-order valence-corrected chi connectivity index (χ1v) is 9.16. The molecule has 0 amide bonds. The molecule has 0 aliphatic rings. The average molecular weight is 400 g/mol. The average Bonchev–Trinajstić information content (AvgIpc) is 2.55. The zero-order valence-electron chi connectivity index (χ0n) is 12.9. The van der Waals surface area contributed by atoms with Crippen molar-refractivity contribution in [1.82, 2.24) is 4.31 Å². The number of benzene rings is 2. The van der Waals surface area contributed by atoms with Crippen molar-refractivity contribution in [2.75, 3.05) is 27.3 Å². The lowest BCUT2D eigenvalue weighted by atomic mass is 10.3. The fourth-order valence-corrected chi connectivity index (χ4v) is 3.79. The standard InChI is InChI=1S/C16H18BrNO4S/c1-18(10-11-22-14-6-4-3-5-7-14)23(19,20)16-12-13(17)8-9-15(16)21-2/h3-9,12H,10-11H2,1-2H3. The minimum Gasteiger partial charge on any atom is -0.495 e. The van der Waals surface area contributed by atoms with Crippen LogP contribution in [0.25, 0.3) is 0 Å². The number of hydrogen-bond acceptors (Lipinski definition) is 4. The highest BCUT2D eigenvalue weighted by Gasteiger charge is 2.25. The van der Waals surface area contributed by atoms with Crippen LogP contribution in [0.1, 0.15) is 0 Å². The van der Waals surface area contributed by atoms with Gasteiger partial charge in [-0.15, -0.1) is 0 Å². The first-order valence-electron chi connectivity index (χ1n) is 6.93. The molecule has 0 heterocycles. The largest absolute Gasteiger partial charge is 0.495 e. The van der Waals surface area contributed by atoms with E-state index in [0.29, 0.717) is 16.0 Å². The van der Waals surface area contributed by atoms with Gasteiger partial charge < -0.3 is 9.47 Å². The molecule has 2 aromatic rings. The smallest absolute Gasteiger partial charge is 0.246 e. The fraction of sp³-hybridized carbons (Fsp3) is 0.250. The summed E-state index contributed by atoms with van der Waals surface area (Å²) in [7, 11) is -0.697. The van der Waals surface area contributed by atoms with E-state index in [2.05, 4.69) is 15.9 Å². The van der Waals surface area contributed by atoms with Gasteiger partial charge in [0.2, 0.25) is 10.0 Å². The molecule has 0 spiro atoms. The lowest BCUT2D eigenvalue weighted by molar-refractivity contribution is 0.286. The topological polar surface area (TPSA) is 55.8 Å². The molecule has 0 saturated carbocycles. The Morgan fingerprint density at radius 2 is 1.83 bits per heavy atom. The third-order valence-electron chi connectivity index (χ3n) is 3.23. The van der Waals surface area contributed by atoms with Crippen LogP contribution in [0.2, 0.25) is 0 Å². The second-order valence-corrected chi connectivity index (χ2v) is 7.71. The van der Waals surface area contributed by atoms with Crippen molar-refractivity contribution < 1.29 is 17.9 Å². The van der Waals surface area contributed by atoms with Crippen LogP contribution in [-0.2, 0) is 10.0 Å². The number of hydrogen-bond donors (Lipinski definition) is 0. The Bertz CT molecular complexity index is 750. The summed E-state index contributed by atoms with van der Waals surface area (Å²) in [5.41, 5.74) is 0. The Balaban J connectivity index is 2.08. The molecular formula is C16H18BrNO4S. The third-order valence-corrected chi connectivity index (χ3v) is 5.60. The molecule has 0 bridgehead atoms. The molecule has 5 nitrogen and oxygen atoms in total. The number of nitrogens with zero attached hydrogens (tertiary/aromatic N) is 1. The van der Waals surface area contributed by atoms with Crippen LogP contribution in [0.4, 0.5) is 0 Å². The quantitative estimate of drug-likeness (QED) is 0.717. The minimum absolute atomic E-state index is 0.122. The highest BCUT2D eigenvalue weighted by atomic mass is 79.9. The highest BCUT2D eigenvalue weighted by Crippen LogP contribution is 2.29. The molecule has 0 aromatic heterocycles. The Morgan fingerprint density at radius 3 is 2.48 bits per heavy atom. The fourth-order valence-electron chi connectivity index (χ4n) is 1.95. The van der Waals surface area contributed by atoms with E-state index in [4.69, 9.17) is 9.47 Å². The van der Waals surface area contributed by atoms with Gasteiger partial charge in [-0.1, -0.05) is 34.1 Å². The number of ether oxygens (including phenoxy) is 2. The van der Waals surface area contributed by atoms with E-state index in [1.54, 1.807) is 12.1 Å². The van der Waals surface area contributed by atoms with Crippen molar-refractivity contribution in [2.24, 2.45) is 0 Å². The van der Waals surface area contributed by atoms with Gasteiger partial charge in [-0.2, -0.15) is 4.31 Å². The minimum atomic E-state index is -3.66. The number of methoxy groups -OCH3 is 1. The van der Waals surface area contributed by atoms with Gasteiger partial charge in [0, 0.05) is 18.1 Å². The van der Waals surface area contributed by atoms with Crippen LogP contribution in [0.15, 0.2) is 57.9 Å². The Labute approximate surface area is 145 Å². The van der Waals surface area contributed by atoms with E-state index in [1.165, 1.54) is 24.5 Å². The predicted molar refractivity (Wildman–Crippen MR) is 92.4 cm³/mol. The summed E-state index contributed by atoms with van der Waals surface area (Å²) in [5.74, 6) is 1.02. The summed E-state index contributed by atoms with van der Waals surface area (Å²) < 4.78 is 38.0. The zero-order chi connectivity index (χ0) is 16.9. The molecule has 7 heteroatoms. The molecule has 0 fully saturated rings. The van der Waals surface area contributed by atoms with Crippen LogP contribution >= 0.6 is 15.9 Å². The molecule has 0 atom stereocenters. The predicted octanol–water partition coefficient (Wildman–Crippen LogP) is 3.16. The lowest BCUT2D eigenvalue weighted by Gasteiger charge is -2.19. The maximum atomic E-state index is 12.7. The van der Waals surface area contributed by atoms with Gasteiger partial charge in [0.1, 0.15) is 23.0 Å². The van der Waals surface area contributed by atoms with Crippen molar-refractivity contribution in [3.05, 3.63) is 53.0 Å². The summed E-state index contributed by atoms with van der Waals surface area (Å²) in [4.78, 5) is 0.122. The van der Waals surface area contributed by atoms with Crippen LogP contribution in [0.3, 0.4) is 0 Å². The Kier molecular flexibility index (Phi) is 6.04. The van der Waals surface area contributed by atoms with E-state index >= 15 is 0 Å². The van der Waals surface area contributed by atoms with Crippen LogP contribution < -0.4 is 9.47 Å². The molecule has 124 valence electrons. The van der Waals surface area contributed by atoms with Gasteiger partial charge in [-0.05, 0) is 30.3 Å². The summed E-state index contributed by atoms with van der Waals surface area (Å²) in [5, 5.41) is 0. The molecule has 0 saturated heterocycles. The summed E-state index contributed by atoms with van der Waals surface area (Å²) in [6.45, 7) is 0.489. The first kappa shape index (κ1) is 17.8. The number of halogens is 1. The first-order chi connectivity index (χ1) is 10.9. The van der Waals surface area contributed by atoms with Crippen LogP contribution in [-0.4, -0.2) is 40.0 Å². The Morgan fingerprint density at radius 1 is 1.13 bits per heavy atom. The second kappa shape index (κ2) is 7.81. The van der Waals surface area contributed by atoms with Gasteiger partial charge >= 0.3 is 0 Å². The molecule has 0 aliphatic carbocycles. The van der Waals surface area contributed by atoms with Crippen LogP contribution in [0, 0.1) is 0 Å². The van der Waals surface area contributed by atoms with Crippen LogP contribution in [0.5, 0.6) is 11.5 Å². The van der Waals surface area contributed by atoms with Gasteiger partial charge in [0.15, 0.2) is 0 Å². The highest BCUT2D eigenvalue weighted by molar-refractivity contribution is 9.10. The summed E-state index contributed by atoms with van der Waals surface area (Å²) in [6.07, 6.45) is 0. The SMILES string of the molecule is COc1ccc(Br)cc1S(=O)(=O)N(C)CCOc1ccccc1. The van der Waals surface area contributed by atoms with E-state index in [9.17, 15) is 8.42 Å². The van der Waals surface area contributed by atoms with Gasteiger partial charge in [0.05, 0.1) is 7.11 Å². The summed E-state index contributed by atoms with van der Waals surface area (Å²) in [6, 6.07) is 14.1. The zero-order valence-corrected chi connectivity index (χ0v) is 15.3. The molecule has 2 rings (SSSR count). The van der Waals surface area contributed by atoms with Gasteiger partial charge in [-0.3, -0.25) is 0 Å². The summed E-state index contributed by atoms with van der Waals surface area (Å²) >= 11 is 3.29. The van der Waals surface area contributed by atoms with Crippen molar-refractivity contribution in [3.63, 3.8) is 0 Å². The molecule has 0 radical (unpaired) electrons. The number of likely N-dealkylation sites (N-methyl/N-ethyl adjacent to an activating group) is 1.